The van der Waals surface area contributed by atoms with Gasteiger partial charge in [-0.3, -0.25) is 34.2 Å². The molecule has 1 unspecified atom stereocenters. The zero-order chi connectivity index (χ0) is 32.9. The standard InChI is InChI=1S/C34H43N5O6/c1-20(2)17-27(30(41)38-28(29(40)35-6)18-21-19-36-25-14-10-9-11-22(21)25)37-26(33(44)45-34(3,4)5)15-16-39-31(42)23-12-7-8-13-24(23)32(39)43/h7-14,19-20,26-28,36-37H,15-18H2,1-6H3,(H,35,40)(H,38,41)/t26?,27-,28-/m0/s1. The molecular weight excluding hydrogens is 574 g/mol. The van der Waals surface area contributed by atoms with Crippen molar-refractivity contribution in [2.45, 2.75) is 77.6 Å². The molecule has 45 heavy (non-hydrogen) atoms. The highest BCUT2D eigenvalue weighted by Crippen LogP contribution is 2.24. The number of para-hydroxylation sites is 1. The van der Waals surface area contributed by atoms with E-state index in [1.54, 1.807) is 45.0 Å². The van der Waals surface area contributed by atoms with Crippen LogP contribution in [0.2, 0.25) is 0 Å². The fraction of sp³-hybridized carbons (Fsp3) is 0.441. The zero-order valence-electron chi connectivity index (χ0n) is 26.7. The molecular formula is C34H43N5O6. The van der Waals surface area contributed by atoms with Gasteiger partial charge in [0.25, 0.3) is 11.8 Å². The number of esters is 1. The quantitative estimate of drug-likeness (QED) is 0.170. The van der Waals surface area contributed by atoms with Crippen LogP contribution in [0.4, 0.5) is 0 Å². The lowest BCUT2D eigenvalue weighted by Gasteiger charge is -2.30. The number of nitrogens with one attached hydrogen (secondary N) is 4. The molecule has 0 aliphatic carbocycles. The first-order valence-corrected chi connectivity index (χ1v) is 15.3. The number of nitrogens with zero attached hydrogens (tertiary/aromatic N) is 1. The summed E-state index contributed by atoms with van der Waals surface area (Å²) in [5.74, 6) is -2.22. The molecule has 240 valence electrons. The first kappa shape index (κ1) is 33.4. The van der Waals surface area contributed by atoms with Gasteiger partial charge in [-0.2, -0.15) is 0 Å². The lowest BCUT2D eigenvalue weighted by Crippen LogP contribution is -2.57. The third-order valence-electron chi connectivity index (χ3n) is 7.62. The maximum absolute atomic E-state index is 13.8. The number of amides is 4. The van der Waals surface area contributed by atoms with E-state index in [9.17, 15) is 24.0 Å². The molecule has 2 aromatic carbocycles. The van der Waals surface area contributed by atoms with Crippen LogP contribution in [0.1, 0.15) is 73.7 Å². The molecule has 0 fully saturated rings. The Morgan fingerprint density at radius 2 is 1.51 bits per heavy atom. The fourth-order valence-corrected chi connectivity index (χ4v) is 5.48. The number of aromatic amines is 1. The molecule has 4 rings (SSSR count). The second kappa shape index (κ2) is 14.1. The Kier molecular flexibility index (Phi) is 10.4. The molecule has 11 nitrogen and oxygen atoms in total. The van der Waals surface area contributed by atoms with Crippen molar-refractivity contribution in [2.24, 2.45) is 5.92 Å². The number of carbonyl (C=O) groups excluding carboxylic acids is 5. The second-order valence-corrected chi connectivity index (χ2v) is 12.8. The van der Waals surface area contributed by atoms with Crippen LogP contribution in [-0.2, 0) is 25.5 Å². The van der Waals surface area contributed by atoms with E-state index in [-0.39, 0.29) is 31.2 Å². The minimum atomic E-state index is -1.02. The van der Waals surface area contributed by atoms with Crippen LogP contribution >= 0.6 is 0 Å². The van der Waals surface area contributed by atoms with Gasteiger partial charge in [0.1, 0.15) is 17.7 Å². The van der Waals surface area contributed by atoms with Gasteiger partial charge in [0.05, 0.1) is 17.2 Å². The van der Waals surface area contributed by atoms with Gasteiger partial charge in [0.15, 0.2) is 0 Å². The Balaban J connectivity index is 1.54. The van der Waals surface area contributed by atoms with E-state index in [0.29, 0.717) is 17.5 Å². The van der Waals surface area contributed by atoms with Gasteiger partial charge in [-0.1, -0.05) is 44.2 Å². The van der Waals surface area contributed by atoms with Crippen molar-refractivity contribution in [3.05, 3.63) is 71.4 Å². The van der Waals surface area contributed by atoms with E-state index in [1.165, 1.54) is 7.05 Å². The van der Waals surface area contributed by atoms with Crippen LogP contribution in [-0.4, -0.2) is 76.8 Å². The third kappa shape index (κ3) is 8.16. The van der Waals surface area contributed by atoms with Crippen LogP contribution < -0.4 is 16.0 Å². The van der Waals surface area contributed by atoms with Gasteiger partial charge in [-0.15, -0.1) is 0 Å². The summed E-state index contributed by atoms with van der Waals surface area (Å²) >= 11 is 0. The molecule has 3 aromatic rings. The van der Waals surface area contributed by atoms with Crippen LogP contribution in [0.3, 0.4) is 0 Å². The van der Waals surface area contributed by atoms with Crippen molar-refractivity contribution in [1.82, 2.24) is 25.8 Å². The molecule has 2 heterocycles. The highest BCUT2D eigenvalue weighted by atomic mass is 16.6. The molecule has 1 aliphatic rings. The first-order chi connectivity index (χ1) is 21.3. The number of benzene rings is 2. The number of carbonyl (C=O) groups is 5. The van der Waals surface area contributed by atoms with Gasteiger partial charge in [0.2, 0.25) is 11.8 Å². The number of likely N-dealkylation sites (N-methyl/N-ethyl adjacent to an activating group) is 1. The van der Waals surface area contributed by atoms with Crippen molar-refractivity contribution in [3.63, 3.8) is 0 Å². The fourth-order valence-electron chi connectivity index (χ4n) is 5.48. The highest BCUT2D eigenvalue weighted by molar-refractivity contribution is 6.21. The van der Waals surface area contributed by atoms with E-state index in [4.69, 9.17) is 4.74 Å². The van der Waals surface area contributed by atoms with Gasteiger partial charge in [-0.05, 0) is 63.3 Å². The number of fused-ring (bicyclic) bond motifs is 2. The van der Waals surface area contributed by atoms with Crippen LogP contribution in [0.25, 0.3) is 10.9 Å². The largest absolute Gasteiger partial charge is 0.459 e. The Morgan fingerprint density at radius 3 is 2.11 bits per heavy atom. The van der Waals surface area contributed by atoms with E-state index in [1.807, 2.05) is 44.3 Å². The zero-order valence-corrected chi connectivity index (χ0v) is 26.7. The Bertz CT molecular complexity index is 1540. The number of H-pyrrole nitrogens is 1. The Labute approximate surface area is 263 Å². The number of rotatable bonds is 13. The lowest BCUT2D eigenvalue weighted by molar-refractivity contribution is -0.158. The molecule has 0 saturated heterocycles. The van der Waals surface area contributed by atoms with E-state index in [2.05, 4.69) is 20.9 Å². The number of hydrogen-bond acceptors (Lipinski definition) is 7. The molecule has 1 aliphatic heterocycles. The summed E-state index contributed by atoms with van der Waals surface area (Å²) in [5.41, 5.74) is 1.62. The van der Waals surface area contributed by atoms with Gasteiger partial charge in [-0.25, -0.2) is 0 Å². The first-order valence-electron chi connectivity index (χ1n) is 15.3. The Morgan fingerprint density at radius 1 is 0.889 bits per heavy atom. The molecule has 0 radical (unpaired) electrons. The summed E-state index contributed by atoms with van der Waals surface area (Å²) < 4.78 is 5.67. The van der Waals surface area contributed by atoms with Crippen molar-refractivity contribution >= 4 is 40.5 Å². The minimum absolute atomic E-state index is 0.0243. The minimum Gasteiger partial charge on any atom is -0.459 e. The molecule has 3 atom stereocenters. The normalized spacial score (nSPS) is 15.1. The van der Waals surface area contributed by atoms with E-state index >= 15 is 0 Å². The number of aromatic nitrogens is 1. The summed E-state index contributed by atoms with van der Waals surface area (Å²) in [4.78, 5) is 70.5. The third-order valence-corrected chi connectivity index (χ3v) is 7.62. The smallest absolute Gasteiger partial charge is 0.323 e. The van der Waals surface area contributed by atoms with E-state index < -0.39 is 47.4 Å². The average molecular weight is 618 g/mol. The van der Waals surface area contributed by atoms with Crippen LogP contribution in [0, 0.1) is 5.92 Å². The average Bonchev–Trinajstić information content (AvgIpc) is 3.50. The highest BCUT2D eigenvalue weighted by Gasteiger charge is 2.37. The molecule has 4 amide bonds. The van der Waals surface area contributed by atoms with Gasteiger partial charge >= 0.3 is 5.97 Å². The monoisotopic (exact) mass is 617 g/mol. The van der Waals surface area contributed by atoms with Crippen molar-refractivity contribution in [1.29, 1.82) is 0 Å². The molecule has 1 aromatic heterocycles. The molecule has 11 heteroatoms. The number of imide groups is 1. The van der Waals surface area contributed by atoms with Crippen molar-refractivity contribution in [2.75, 3.05) is 13.6 Å². The summed E-state index contributed by atoms with van der Waals surface area (Å²) in [6, 6.07) is 11.5. The molecule has 0 saturated carbocycles. The number of hydrogen-bond donors (Lipinski definition) is 4. The van der Waals surface area contributed by atoms with Crippen molar-refractivity contribution in [3.8, 4) is 0 Å². The summed E-state index contributed by atoms with van der Waals surface area (Å²) in [6.07, 6.45) is 2.45. The summed E-state index contributed by atoms with van der Waals surface area (Å²) in [7, 11) is 1.51. The SMILES string of the molecule is CNC(=O)[C@H](Cc1c[nH]c2ccccc12)NC(=O)[C@H](CC(C)C)NC(CCN1C(=O)c2ccccc2C1=O)C(=O)OC(C)(C)C. The Hall–Kier alpha value is -4.51. The maximum atomic E-state index is 13.8. The number of ether oxygens (including phenoxy) is 1. The summed E-state index contributed by atoms with van der Waals surface area (Å²) in [6.45, 7) is 9.06. The molecule has 0 bridgehead atoms. The molecule has 4 N–H and O–H groups in total. The predicted octanol–water partition coefficient (Wildman–Crippen LogP) is 3.34. The van der Waals surface area contributed by atoms with Crippen LogP contribution in [0.15, 0.2) is 54.7 Å². The predicted molar refractivity (Wildman–Crippen MR) is 170 cm³/mol. The maximum Gasteiger partial charge on any atom is 0.323 e. The van der Waals surface area contributed by atoms with Gasteiger partial charge < -0.3 is 20.4 Å². The second-order valence-electron chi connectivity index (χ2n) is 12.8. The topological polar surface area (TPSA) is 150 Å². The molecule has 0 spiro atoms. The summed E-state index contributed by atoms with van der Waals surface area (Å²) in [5, 5.41) is 9.64. The van der Waals surface area contributed by atoms with E-state index in [0.717, 1.165) is 21.4 Å². The van der Waals surface area contributed by atoms with Crippen LogP contribution in [0.5, 0.6) is 0 Å². The van der Waals surface area contributed by atoms with Crippen molar-refractivity contribution < 1.29 is 28.7 Å². The lowest BCUT2D eigenvalue weighted by atomic mass is 9.99. The van der Waals surface area contributed by atoms with Gasteiger partial charge in [0, 0.05) is 37.1 Å².